The highest BCUT2D eigenvalue weighted by Gasteiger charge is 2.54. The number of likely N-dealkylation sites (N-methyl/N-ethyl adjacent to an activating group) is 1. The number of benzene rings is 1. The van der Waals surface area contributed by atoms with E-state index in [1.165, 1.54) is 30.1 Å². The van der Waals surface area contributed by atoms with Gasteiger partial charge in [-0.05, 0) is 25.1 Å². The fourth-order valence-corrected chi connectivity index (χ4v) is 3.09. The lowest BCUT2D eigenvalue weighted by Gasteiger charge is -2.37. The van der Waals surface area contributed by atoms with Crippen molar-refractivity contribution in [3.63, 3.8) is 0 Å². The number of aliphatic carboxylic acids is 2. The molecule has 1 heterocycles. The number of rotatable bonds is 3. The standard InChI is InChI=1S/C13H14Cl2N2O4/c1-13(12(20)21)6-10(11(18)19)16(2)17(13)9-4-3-7(14)5-8(9)15/h3-5,10H,6H2,1-2H3,(H,18,19)(H,20,21). The number of halogens is 2. The molecule has 2 N–H and O–H groups in total. The Morgan fingerprint density at radius 3 is 2.43 bits per heavy atom. The van der Waals surface area contributed by atoms with Crippen LogP contribution in [0.2, 0.25) is 10.0 Å². The summed E-state index contributed by atoms with van der Waals surface area (Å²) in [7, 11) is 1.53. The Morgan fingerprint density at radius 1 is 1.33 bits per heavy atom. The number of hydrogen-bond acceptors (Lipinski definition) is 4. The van der Waals surface area contributed by atoms with E-state index >= 15 is 0 Å². The van der Waals surface area contributed by atoms with E-state index in [0.29, 0.717) is 10.7 Å². The summed E-state index contributed by atoms with van der Waals surface area (Å²) < 4.78 is 0. The van der Waals surface area contributed by atoms with Crippen LogP contribution in [0.1, 0.15) is 13.3 Å². The van der Waals surface area contributed by atoms with Gasteiger partial charge in [0.15, 0.2) is 5.54 Å². The van der Waals surface area contributed by atoms with Crippen molar-refractivity contribution in [3.05, 3.63) is 28.2 Å². The molecule has 2 unspecified atom stereocenters. The van der Waals surface area contributed by atoms with Crippen LogP contribution in [0, 0.1) is 0 Å². The Balaban J connectivity index is 2.56. The summed E-state index contributed by atoms with van der Waals surface area (Å²) in [5.41, 5.74) is -1.01. The van der Waals surface area contributed by atoms with Crippen LogP contribution in [0.15, 0.2) is 18.2 Å². The molecule has 2 atom stereocenters. The molecule has 1 aromatic rings. The number of anilines is 1. The first kappa shape index (κ1) is 15.9. The Hall–Kier alpha value is -1.50. The quantitative estimate of drug-likeness (QED) is 0.884. The number of hydrazine groups is 1. The predicted molar refractivity (Wildman–Crippen MR) is 78.8 cm³/mol. The fraction of sp³-hybridized carbons (Fsp3) is 0.385. The summed E-state index contributed by atoms with van der Waals surface area (Å²) in [4.78, 5) is 23.0. The molecule has 0 aliphatic carbocycles. The summed E-state index contributed by atoms with van der Waals surface area (Å²) in [6, 6.07) is 3.69. The van der Waals surface area contributed by atoms with Crippen LogP contribution in [-0.4, -0.2) is 45.8 Å². The smallest absolute Gasteiger partial charge is 0.330 e. The largest absolute Gasteiger partial charge is 0.480 e. The van der Waals surface area contributed by atoms with Crippen LogP contribution in [0.25, 0.3) is 0 Å². The van der Waals surface area contributed by atoms with Gasteiger partial charge in [0.05, 0.1) is 10.7 Å². The van der Waals surface area contributed by atoms with Crippen LogP contribution in [0.4, 0.5) is 5.69 Å². The molecule has 0 amide bonds. The first-order valence-corrected chi connectivity index (χ1v) is 6.88. The van der Waals surface area contributed by atoms with Crippen LogP contribution in [-0.2, 0) is 9.59 Å². The minimum absolute atomic E-state index is 0.0624. The molecule has 0 saturated carbocycles. The second-order valence-corrected chi connectivity index (χ2v) is 5.96. The van der Waals surface area contributed by atoms with Gasteiger partial charge in [-0.3, -0.25) is 9.80 Å². The average Bonchev–Trinajstić information content (AvgIpc) is 2.64. The molecule has 0 bridgehead atoms. The van der Waals surface area contributed by atoms with Crippen LogP contribution in [0.3, 0.4) is 0 Å². The number of hydrogen-bond donors (Lipinski definition) is 2. The molecular weight excluding hydrogens is 319 g/mol. The van der Waals surface area contributed by atoms with Crippen molar-refractivity contribution in [2.24, 2.45) is 0 Å². The summed E-state index contributed by atoms with van der Waals surface area (Å²) in [5.74, 6) is -2.21. The van der Waals surface area contributed by atoms with Gasteiger partial charge in [-0.25, -0.2) is 9.80 Å². The Kier molecular flexibility index (Phi) is 4.06. The lowest BCUT2D eigenvalue weighted by molar-refractivity contribution is -0.142. The highest BCUT2D eigenvalue weighted by molar-refractivity contribution is 6.36. The van der Waals surface area contributed by atoms with Gasteiger partial charge in [0.25, 0.3) is 0 Å². The normalized spacial score (nSPS) is 26.1. The second-order valence-electron chi connectivity index (χ2n) is 5.12. The zero-order chi connectivity index (χ0) is 15.9. The molecular formula is C13H14Cl2N2O4. The third-order valence-corrected chi connectivity index (χ3v) is 4.25. The monoisotopic (exact) mass is 332 g/mol. The highest BCUT2D eigenvalue weighted by atomic mass is 35.5. The van der Waals surface area contributed by atoms with E-state index in [-0.39, 0.29) is 11.4 Å². The third kappa shape index (κ3) is 2.54. The van der Waals surface area contributed by atoms with Gasteiger partial charge in [-0.1, -0.05) is 23.2 Å². The minimum atomic E-state index is -1.41. The Labute approximate surface area is 131 Å². The fourth-order valence-electron chi connectivity index (χ4n) is 2.60. The minimum Gasteiger partial charge on any atom is -0.480 e. The van der Waals surface area contributed by atoms with Crippen LogP contribution in [0.5, 0.6) is 0 Å². The summed E-state index contributed by atoms with van der Waals surface area (Å²) in [6.07, 6.45) is -0.0624. The van der Waals surface area contributed by atoms with Crippen molar-refractivity contribution < 1.29 is 19.8 Å². The zero-order valence-corrected chi connectivity index (χ0v) is 12.9. The van der Waals surface area contributed by atoms with Crippen molar-refractivity contribution in [2.75, 3.05) is 12.1 Å². The maximum absolute atomic E-state index is 11.7. The second kappa shape index (κ2) is 5.36. The Bertz CT molecular complexity index is 610. The summed E-state index contributed by atoms with van der Waals surface area (Å²) in [6.45, 7) is 1.47. The van der Waals surface area contributed by atoms with Gasteiger partial charge in [-0.2, -0.15) is 0 Å². The molecule has 0 spiro atoms. The number of carbonyl (C=O) groups is 2. The van der Waals surface area contributed by atoms with Gasteiger partial charge in [0, 0.05) is 18.5 Å². The SMILES string of the molecule is CN1C(C(=O)O)CC(C)(C(=O)O)N1c1ccc(Cl)cc1Cl. The first-order valence-electron chi connectivity index (χ1n) is 6.12. The molecule has 0 radical (unpaired) electrons. The highest BCUT2D eigenvalue weighted by Crippen LogP contribution is 2.41. The summed E-state index contributed by atoms with van der Waals surface area (Å²) >= 11 is 12.0. The number of nitrogens with zero attached hydrogens (tertiary/aromatic N) is 2. The Morgan fingerprint density at radius 2 is 1.95 bits per heavy atom. The molecule has 1 aliphatic heterocycles. The molecule has 1 saturated heterocycles. The molecule has 1 aliphatic rings. The van der Waals surface area contributed by atoms with Gasteiger partial charge in [0.2, 0.25) is 0 Å². The zero-order valence-electron chi connectivity index (χ0n) is 11.4. The molecule has 21 heavy (non-hydrogen) atoms. The van der Waals surface area contributed by atoms with Gasteiger partial charge < -0.3 is 10.2 Å². The van der Waals surface area contributed by atoms with Crippen LogP contribution >= 0.6 is 23.2 Å². The van der Waals surface area contributed by atoms with E-state index < -0.39 is 23.5 Å². The molecule has 2 rings (SSSR count). The molecule has 1 aromatic carbocycles. The van der Waals surface area contributed by atoms with Crippen molar-refractivity contribution in [3.8, 4) is 0 Å². The first-order chi connectivity index (χ1) is 9.68. The van der Waals surface area contributed by atoms with Crippen LogP contribution < -0.4 is 5.01 Å². The lowest BCUT2D eigenvalue weighted by Crippen LogP contribution is -2.53. The van der Waals surface area contributed by atoms with E-state index in [1.54, 1.807) is 12.1 Å². The average molecular weight is 333 g/mol. The van der Waals surface area contributed by atoms with E-state index in [0.717, 1.165) is 0 Å². The topological polar surface area (TPSA) is 81.1 Å². The molecule has 0 aromatic heterocycles. The third-order valence-electron chi connectivity index (χ3n) is 3.71. The molecule has 8 heteroatoms. The lowest BCUT2D eigenvalue weighted by atomic mass is 9.95. The molecule has 6 nitrogen and oxygen atoms in total. The number of carboxylic acid groups (broad SMARTS) is 2. The van der Waals surface area contributed by atoms with E-state index in [4.69, 9.17) is 23.2 Å². The van der Waals surface area contributed by atoms with Crippen molar-refractivity contribution in [2.45, 2.75) is 24.9 Å². The van der Waals surface area contributed by atoms with Crippen molar-refractivity contribution >= 4 is 40.8 Å². The van der Waals surface area contributed by atoms with Gasteiger partial charge >= 0.3 is 11.9 Å². The van der Waals surface area contributed by atoms with E-state index in [2.05, 4.69) is 0 Å². The van der Waals surface area contributed by atoms with Gasteiger partial charge in [-0.15, -0.1) is 0 Å². The maximum Gasteiger partial charge on any atom is 0.330 e. The maximum atomic E-state index is 11.7. The number of carboxylic acids is 2. The van der Waals surface area contributed by atoms with Crippen molar-refractivity contribution in [1.82, 2.24) is 5.01 Å². The molecule has 1 fully saturated rings. The predicted octanol–water partition coefficient (Wildman–Crippen LogP) is 2.35. The van der Waals surface area contributed by atoms with E-state index in [1.807, 2.05) is 0 Å². The van der Waals surface area contributed by atoms with E-state index in [9.17, 15) is 19.8 Å². The van der Waals surface area contributed by atoms with Crippen molar-refractivity contribution in [1.29, 1.82) is 0 Å². The summed E-state index contributed by atoms with van der Waals surface area (Å²) in [5, 5.41) is 22.2. The van der Waals surface area contributed by atoms with Gasteiger partial charge in [0.1, 0.15) is 6.04 Å². The molecule has 114 valence electrons.